The summed E-state index contributed by atoms with van der Waals surface area (Å²) in [6.07, 6.45) is 0. The Kier molecular flexibility index (Phi) is 6.12. The summed E-state index contributed by atoms with van der Waals surface area (Å²) in [6.45, 7) is 7.49. The van der Waals surface area contributed by atoms with Crippen molar-refractivity contribution in [2.24, 2.45) is 0 Å². The van der Waals surface area contributed by atoms with E-state index in [0.29, 0.717) is 23.2 Å². The summed E-state index contributed by atoms with van der Waals surface area (Å²) in [7, 11) is 0. The SMILES string of the molecule is [C-]#[N+]c1cccc(-c2ccc3c4ccc(-c5nc(-c6ccccc6)nc(-c6ccccc6)n5)cc4c4oc5ccccc5c4c3c2)c1. The van der Waals surface area contributed by atoms with Crippen molar-refractivity contribution in [1.29, 1.82) is 0 Å². The van der Waals surface area contributed by atoms with E-state index in [-0.39, 0.29) is 0 Å². The summed E-state index contributed by atoms with van der Waals surface area (Å²) in [4.78, 5) is 18.5. The molecule has 0 radical (unpaired) electrons. The normalized spacial score (nSPS) is 11.4. The second-order valence-electron chi connectivity index (χ2n) is 11.5. The van der Waals surface area contributed by atoms with Gasteiger partial charge < -0.3 is 4.42 Å². The van der Waals surface area contributed by atoms with Crippen LogP contribution >= 0.6 is 0 Å². The molecule has 0 fully saturated rings. The Labute approximate surface area is 270 Å². The first-order valence-electron chi connectivity index (χ1n) is 15.4. The topological polar surface area (TPSA) is 56.2 Å². The number of para-hydroxylation sites is 1. The summed E-state index contributed by atoms with van der Waals surface area (Å²) in [5.41, 5.74) is 7.07. The number of fused-ring (bicyclic) bond motifs is 8. The van der Waals surface area contributed by atoms with Gasteiger partial charge in [0.15, 0.2) is 23.2 Å². The predicted octanol–water partition coefficient (Wildman–Crippen LogP) is 11.3. The minimum Gasteiger partial charge on any atom is -0.455 e. The molecule has 9 aromatic rings. The van der Waals surface area contributed by atoms with Crippen LogP contribution in [-0.4, -0.2) is 15.0 Å². The number of benzene rings is 7. The molecule has 0 amide bonds. The lowest BCUT2D eigenvalue weighted by Gasteiger charge is -2.12. The summed E-state index contributed by atoms with van der Waals surface area (Å²) in [5.74, 6) is 1.84. The van der Waals surface area contributed by atoms with E-state index in [1.807, 2.05) is 97.1 Å². The molecular weight excluding hydrogens is 576 g/mol. The molecule has 0 atom stereocenters. The molecule has 0 bridgehead atoms. The number of hydrogen-bond acceptors (Lipinski definition) is 4. The van der Waals surface area contributed by atoms with Crippen molar-refractivity contribution in [1.82, 2.24) is 15.0 Å². The molecule has 0 saturated heterocycles. The van der Waals surface area contributed by atoms with Crippen LogP contribution in [0.4, 0.5) is 5.69 Å². The van der Waals surface area contributed by atoms with Gasteiger partial charge in [-0.15, -0.1) is 0 Å². The van der Waals surface area contributed by atoms with Crippen LogP contribution in [-0.2, 0) is 0 Å². The summed E-state index contributed by atoms with van der Waals surface area (Å²) in [5, 5.41) is 6.43. The maximum Gasteiger partial charge on any atom is 0.187 e. The number of aromatic nitrogens is 3. The lowest BCUT2D eigenvalue weighted by Crippen LogP contribution is -2.00. The maximum atomic E-state index is 7.49. The van der Waals surface area contributed by atoms with E-state index in [4.69, 9.17) is 25.9 Å². The first-order valence-corrected chi connectivity index (χ1v) is 15.4. The first-order chi connectivity index (χ1) is 23.2. The van der Waals surface area contributed by atoms with E-state index < -0.39 is 0 Å². The predicted molar refractivity (Wildman–Crippen MR) is 190 cm³/mol. The van der Waals surface area contributed by atoms with Crippen molar-refractivity contribution in [2.45, 2.75) is 0 Å². The van der Waals surface area contributed by atoms with E-state index in [2.05, 4.69) is 53.4 Å². The van der Waals surface area contributed by atoms with Crippen LogP contribution in [0.3, 0.4) is 0 Å². The Morgan fingerprint density at radius 3 is 1.68 bits per heavy atom. The van der Waals surface area contributed by atoms with E-state index in [9.17, 15) is 0 Å². The summed E-state index contributed by atoms with van der Waals surface area (Å²) in [6, 6.07) is 48.9. The largest absolute Gasteiger partial charge is 0.455 e. The Morgan fingerprint density at radius 1 is 0.426 bits per heavy atom. The molecule has 9 rings (SSSR count). The second-order valence-corrected chi connectivity index (χ2v) is 11.5. The van der Waals surface area contributed by atoms with Crippen LogP contribution < -0.4 is 0 Å². The molecule has 218 valence electrons. The fraction of sp³-hybridized carbons (Fsp3) is 0. The Hall–Kier alpha value is -6.64. The smallest absolute Gasteiger partial charge is 0.187 e. The van der Waals surface area contributed by atoms with Crippen molar-refractivity contribution < 1.29 is 4.42 Å². The average Bonchev–Trinajstić information content (AvgIpc) is 3.55. The third-order valence-corrected chi connectivity index (χ3v) is 8.70. The molecule has 5 heteroatoms. The van der Waals surface area contributed by atoms with Crippen LogP contribution in [0.15, 0.2) is 150 Å². The molecule has 0 unspecified atom stereocenters. The first kappa shape index (κ1) is 26.7. The van der Waals surface area contributed by atoms with Gasteiger partial charge in [0.2, 0.25) is 0 Å². The van der Waals surface area contributed by atoms with Gasteiger partial charge in [-0.05, 0) is 51.6 Å². The fourth-order valence-electron chi connectivity index (χ4n) is 6.47. The quantitative estimate of drug-likeness (QED) is 0.149. The van der Waals surface area contributed by atoms with E-state index in [1.165, 1.54) is 0 Å². The van der Waals surface area contributed by atoms with E-state index >= 15 is 0 Å². The highest BCUT2D eigenvalue weighted by molar-refractivity contribution is 6.30. The van der Waals surface area contributed by atoms with Gasteiger partial charge in [0.05, 0.1) is 6.57 Å². The number of furan rings is 1. The van der Waals surface area contributed by atoms with Gasteiger partial charge in [-0.2, -0.15) is 0 Å². The van der Waals surface area contributed by atoms with Crippen LogP contribution in [0.2, 0.25) is 0 Å². The molecule has 0 saturated carbocycles. The zero-order chi connectivity index (χ0) is 31.3. The fourth-order valence-corrected chi connectivity index (χ4v) is 6.47. The Morgan fingerprint density at radius 2 is 0.979 bits per heavy atom. The minimum atomic E-state index is 0.596. The lowest BCUT2D eigenvalue weighted by atomic mass is 9.93. The summed E-state index contributed by atoms with van der Waals surface area (Å²) < 4.78 is 6.64. The second kappa shape index (κ2) is 10.8. The highest BCUT2D eigenvalue weighted by Crippen LogP contribution is 2.43. The summed E-state index contributed by atoms with van der Waals surface area (Å²) >= 11 is 0. The van der Waals surface area contributed by atoms with Gasteiger partial charge in [0.1, 0.15) is 11.2 Å². The Balaban J connectivity index is 1.31. The van der Waals surface area contributed by atoms with Gasteiger partial charge >= 0.3 is 0 Å². The maximum absolute atomic E-state index is 7.49. The van der Waals surface area contributed by atoms with Crippen molar-refractivity contribution in [3.05, 3.63) is 157 Å². The third-order valence-electron chi connectivity index (χ3n) is 8.70. The van der Waals surface area contributed by atoms with E-state index in [0.717, 1.165) is 71.3 Å². The average molecular weight is 601 g/mol. The Bertz CT molecular complexity index is 2630. The molecule has 2 heterocycles. The van der Waals surface area contributed by atoms with Crippen molar-refractivity contribution in [3.8, 4) is 45.3 Å². The van der Waals surface area contributed by atoms with Gasteiger partial charge in [0.25, 0.3) is 0 Å². The molecule has 0 aliphatic rings. The van der Waals surface area contributed by atoms with Gasteiger partial charge in [-0.3, -0.25) is 0 Å². The van der Waals surface area contributed by atoms with E-state index in [1.54, 1.807) is 0 Å². The highest BCUT2D eigenvalue weighted by atomic mass is 16.3. The molecule has 7 aromatic carbocycles. The standard InChI is InChI=1S/C42H24N4O/c1-43-31-16-10-15-28(23-31)29-19-21-32-33-22-20-30(25-36(33)39-38(35(32)24-29)34-17-8-9-18-37(34)47-39)42-45-40(26-11-4-2-5-12-26)44-41(46-42)27-13-6-3-7-14-27/h2-25H. The molecule has 0 aliphatic heterocycles. The van der Waals surface area contributed by atoms with Crippen LogP contribution in [0, 0.1) is 6.57 Å². The van der Waals surface area contributed by atoms with Crippen molar-refractivity contribution in [3.63, 3.8) is 0 Å². The molecule has 47 heavy (non-hydrogen) atoms. The molecule has 2 aromatic heterocycles. The van der Waals surface area contributed by atoms with Crippen molar-refractivity contribution in [2.75, 3.05) is 0 Å². The molecular formula is C42H24N4O. The van der Waals surface area contributed by atoms with Gasteiger partial charge in [0, 0.05) is 32.8 Å². The molecule has 0 aliphatic carbocycles. The van der Waals surface area contributed by atoms with Crippen LogP contribution in [0.25, 0.3) is 93.6 Å². The zero-order valence-corrected chi connectivity index (χ0v) is 25.1. The zero-order valence-electron chi connectivity index (χ0n) is 25.1. The molecule has 5 nitrogen and oxygen atoms in total. The number of hydrogen-bond donors (Lipinski definition) is 0. The molecule has 0 N–H and O–H groups in total. The van der Waals surface area contributed by atoms with Crippen molar-refractivity contribution >= 4 is 49.2 Å². The third kappa shape index (κ3) is 4.51. The highest BCUT2D eigenvalue weighted by Gasteiger charge is 2.19. The number of rotatable bonds is 4. The van der Waals surface area contributed by atoms with Gasteiger partial charge in [-0.1, -0.05) is 121 Å². The number of nitrogens with zero attached hydrogens (tertiary/aromatic N) is 4. The van der Waals surface area contributed by atoms with Crippen LogP contribution in [0.1, 0.15) is 0 Å². The lowest BCUT2D eigenvalue weighted by molar-refractivity contribution is 0.673. The molecule has 0 spiro atoms. The monoisotopic (exact) mass is 600 g/mol. The van der Waals surface area contributed by atoms with Crippen LogP contribution in [0.5, 0.6) is 0 Å². The van der Waals surface area contributed by atoms with Gasteiger partial charge in [-0.25, -0.2) is 19.8 Å². The minimum absolute atomic E-state index is 0.596.